The molecular formula is C19H23ClN2O5S. The molecule has 0 radical (unpaired) electrons. The highest BCUT2D eigenvalue weighted by molar-refractivity contribution is 7.89. The third kappa shape index (κ3) is 4.95. The van der Waals surface area contributed by atoms with Crippen LogP contribution in [-0.4, -0.2) is 46.4 Å². The number of hydrogen-bond donors (Lipinski definition) is 1. The number of sulfonamides is 1. The number of para-hydroxylation sites is 1. The quantitative estimate of drug-likeness (QED) is 0.701. The first-order chi connectivity index (χ1) is 13.2. The number of benzene rings is 2. The zero-order valence-corrected chi connectivity index (χ0v) is 17.7. The van der Waals surface area contributed by atoms with Crippen molar-refractivity contribution >= 4 is 27.5 Å². The predicted octanol–water partition coefficient (Wildman–Crippen LogP) is 2.86. The van der Waals surface area contributed by atoms with Gasteiger partial charge in [0.05, 0.1) is 26.8 Å². The number of likely N-dealkylation sites (N-methyl/N-ethyl adjacent to an activating group) is 1. The van der Waals surface area contributed by atoms with Gasteiger partial charge in [-0.15, -0.1) is 0 Å². The van der Waals surface area contributed by atoms with Crippen molar-refractivity contribution in [2.24, 2.45) is 0 Å². The Morgan fingerprint density at radius 3 is 2.43 bits per heavy atom. The molecule has 0 bridgehead atoms. The minimum Gasteiger partial charge on any atom is -0.496 e. The number of hydrogen-bond acceptors (Lipinski definition) is 5. The van der Waals surface area contributed by atoms with Crippen molar-refractivity contribution in [3.05, 3.63) is 53.1 Å². The van der Waals surface area contributed by atoms with Crippen LogP contribution in [0.25, 0.3) is 0 Å². The van der Waals surface area contributed by atoms with Gasteiger partial charge in [0.1, 0.15) is 16.4 Å². The average molecular weight is 427 g/mol. The number of carbonyl (C=O) groups excluding carboxylic acids is 1. The van der Waals surface area contributed by atoms with E-state index in [1.807, 2.05) is 18.2 Å². The number of nitrogens with one attached hydrogen (secondary N) is 1. The van der Waals surface area contributed by atoms with E-state index in [1.54, 1.807) is 20.1 Å². The first-order valence-corrected chi connectivity index (χ1v) is 10.2. The lowest BCUT2D eigenvalue weighted by molar-refractivity contribution is -0.121. The third-order valence-corrected chi connectivity index (χ3v) is 6.22. The fourth-order valence-electron chi connectivity index (χ4n) is 2.70. The maximum absolute atomic E-state index is 12.8. The van der Waals surface area contributed by atoms with Gasteiger partial charge < -0.3 is 14.8 Å². The molecule has 0 aliphatic heterocycles. The van der Waals surface area contributed by atoms with Gasteiger partial charge in [0, 0.05) is 17.6 Å². The highest BCUT2D eigenvalue weighted by Crippen LogP contribution is 2.29. The molecule has 9 heteroatoms. The van der Waals surface area contributed by atoms with Crippen molar-refractivity contribution in [3.8, 4) is 11.5 Å². The summed E-state index contributed by atoms with van der Waals surface area (Å²) in [5, 5.41) is 3.03. The van der Waals surface area contributed by atoms with Crippen LogP contribution in [0.4, 0.5) is 0 Å². The number of nitrogens with zero attached hydrogens (tertiary/aromatic N) is 1. The molecule has 0 spiro atoms. The Kier molecular flexibility index (Phi) is 7.29. The van der Waals surface area contributed by atoms with Crippen LogP contribution < -0.4 is 14.8 Å². The molecule has 7 nitrogen and oxygen atoms in total. The van der Waals surface area contributed by atoms with E-state index in [1.165, 1.54) is 32.4 Å². The summed E-state index contributed by atoms with van der Waals surface area (Å²) >= 11 is 5.93. The number of carbonyl (C=O) groups is 1. The van der Waals surface area contributed by atoms with Crippen LogP contribution in [-0.2, 0) is 14.8 Å². The van der Waals surface area contributed by atoms with E-state index in [9.17, 15) is 13.2 Å². The summed E-state index contributed by atoms with van der Waals surface area (Å²) < 4.78 is 37.0. The molecule has 1 N–H and O–H groups in total. The standard InChI is InChI=1S/C19H23ClN2O5S/c1-13(15-7-5-6-8-16(15)26-3)21-19(23)12-22(2)28(24,25)18-11-14(20)9-10-17(18)27-4/h5-11,13H,12H2,1-4H3,(H,21,23)/t13-/m1/s1. The number of amides is 1. The van der Waals surface area contributed by atoms with Gasteiger partial charge in [0.15, 0.2) is 0 Å². The first kappa shape index (κ1) is 22.0. The van der Waals surface area contributed by atoms with Crippen LogP contribution in [0.5, 0.6) is 11.5 Å². The van der Waals surface area contributed by atoms with Crippen LogP contribution in [0.15, 0.2) is 47.4 Å². The monoisotopic (exact) mass is 426 g/mol. The van der Waals surface area contributed by atoms with E-state index in [-0.39, 0.29) is 28.3 Å². The lowest BCUT2D eigenvalue weighted by Gasteiger charge is -2.21. The summed E-state index contributed by atoms with van der Waals surface area (Å²) in [4.78, 5) is 12.3. The zero-order chi connectivity index (χ0) is 20.9. The van der Waals surface area contributed by atoms with Crippen molar-refractivity contribution in [2.75, 3.05) is 27.8 Å². The number of rotatable bonds is 8. The number of methoxy groups -OCH3 is 2. The molecule has 1 amide bonds. The lowest BCUT2D eigenvalue weighted by atomic mass is 10.1. The summed E-state index contributed by atoms with van der Waals surface area (Å²) in [7, 11) is 0.261. The number of ether oxygens (including phenoxy) is 2. The molecule has 0 aliphatic rings. The van der Waals surface area contributed by atoms with Gasteiger partial charge in [-0.3, -0.25) is 4.79 Å². The first-order valence-electron chi connectivity index (χ1n) is 8.42. The Labute approximate surface area is 170 Å². The van der Waals surface area contributed by atoms with Crippen LogP contribution in [0, 0.1) is 0 Å². The van der Waals surface area contributed by atoms with Crippen molar-refractivity contribution in [2.45, 2.75) is 17.9 Å². The topological polar surface area (TPSA) is 84.9 Å². The second kappa shape index (κ2) is 9.27. The van der Waals surface area contributed by atoms with Gasteiger partial charge >= 0.3 is 0 Å². The van der Waals surface area contributed by atoms with Gasteiger partial charge in [-0.25, -0.2) is 8.42 Å². The summed E-state index contributed by atoms with van der Waals surface area (Å²) in [6, 6.07) is 11.2. The van der Waals surface area contributed by atoms with Gasteiger partial charge in [0.25, 0.3) is 0 Å². The maximum Gasteiger partial charge on any atom is 0.247 e. The van der Waals surface area contributed by atoms with Gasteiger partial charge in [-0.2, -0.15) is 4.31 Å². The van der Waals surface area contributed by atoms with E-state index < -0.39 is 15.9 Å². The summed E-state index contributed by atoms with van der Waals surface area (Å²) in [6.07, 6.45) is 0. The molecular weight excluding hydrogens is 404 g/mol. The molecule has 2 rings (SSSR count). The maximum atomic E-state index is 12.8. The molecule has 2 aromatic rings. The molecule has 0 aromatic heterocycles. The van der Waals surface area contributed by atoms with Crippen LogP contribution in [0.1, 0.15) is 18.5 Å². The zero-order valence-electron chi connectivity index (χ0n) is 16.1. The highest BCUT2D eigenvalue weighted by atomic mass is 35.5. The number of halogens is 1. The van der Waals surface area contributed by atoms with E-state index in [2.05, 4.69) is 5.32 Å². The summed E-state index contributed by atoms with van der Waals surface area (Å²) in [5.41, 5.74) is 0.792. The van der Waals surface area contributed by atoms with E-state index in [0.29, 0.717) is 5.75 Å². The van der Waals surface area contributed by atoms with Gasteiger partial charge in [0.2, 0.25) is 15.9 Å². The Hall–Kier alpha value is -2.29. The van der Waals surface area contributed by atoms with E-state index in [4.69, 9.17) is 21.1 Å². The SMILES string of the molecule is COc1ccccc1[C@@H](C)NC(=O)CN(C)S(=O)(=O)c1cc(Cl)ccc1OC. The minimum absolute atomic E-state index is 0.101. The second-order valence-electron chi connectivity index (χ2n) is 6.09. The van der Waals surface area contributed by atoms with Crippen molar-refractivity contribution in [1.82, 2.24) is 9.62 Å². The van der Waals surface area contributed by atoms with Gasteiger partial charge in [-0.1, -0.05) is 29.8 Å². The molecule has 0 saturated carbocycles. The fourth-order valence-corrected chi connectivity index (χ4v) is 4.24. The molecule has 2 aromatic carbocycles. The van der Waals surface area contributed by atoms with Crippen LogP contribution >= 0.6 is 11.6 Å². The second-order valence-corrected chi connectivity index (χ2v) is 8.54. The summed E-state index contributed by atoms with van der Waals surface area (Å²) in [6.45, 7) is 1.43. The minimum atomic E-state index is -3.97. The molecule has 152 valence electrons. The molecule has 0 fully saturated rings. The van der Waals surface area contributed by atoms with Crippen molar-refractivity contribution < 1.29 is 22.7 Å². The van der Waals surface area contributed by atoms with E-state index in [0.717, 1.165) is 9.87 Å². The fraction of sp³-hybridized carbons (Fsp3) is 0.316. The highest BCUT2D eigenvalue weighted by Gasteiger charge is 2.27. The molecule has 0 heterocycles. The van der Waals surface area contributed by atoms with E-state index >= 15 is 0 Å². The molecule has 0 aliphatic carbocycles. The third-order valence-electron chi connectivity index (χ3n) is 4.16. The van der Waals surface area contributed by atoms with Crippen LogP contribution in [0.3, 0.4) is 0 Å². The lowest BCUT2D eigenvalue weighted by Crippen LogP contribution is -2.39. The average Bonchev–Trinajstić information content (AvgIpc) is 2.67. The summed E-state index contributed by atoms with van der Waals surface area (Å²) in [5.74, 6) is 0.337. The van der Waals surface area contributed by atoms with Crippen molar-refractivity contribution in [1.29, 1.82) is 0 Å². The van der Waals surface area contributed by atoms with Crippen LogP contribution in [0.2, 0.25) is 5.02 Å². The Bertz CT molecular complexity index is 949. The Morgan fingerprint density at radius 2 is 1.79 bits per heavy atom. The molecule has 0 saturated heterocycles. The predicted molar refractivity (Wildman–Crippen MR) is 107 cm³/mol. The normalized spacial score (nSPS) is 12.5. The largest absolute Gasteiger partial charge is 0.496 e. The molecule has 1 atom stereocenters. The smallest absolute Gasteiger partial charge is 0.247 e. The Balaban J connectivity index is 2.14. The Morgan fingerprint density at radius 1 is 1.14 bits per heavy atom. The molecule has 28 heavy (non-hydrogen) atoms. The van der Waals surface area contributed by atoms with Crippen molar-refractivity contribution in [3.63, 3.8) is 0 Å². The van der Waals surface area contributed by atoms with Gasteiger partial charge in [-0.05, 0) is 31.2 Å². The molecule has 0 unspecified atom stereocenters.